The lowest BCUT2D eigenvalue weighted by Crippen LogP contribution is -2.17. The molecule has 0 aliphatic rings. The fraction of sp³-hybridized carbons (Fsp3) is 0.240. The van der Waals surface area contributed by atoms with Gasteiger partial charge in [0.15, 0.2) is 0 Å². The molecule has 0 atom stereocenters. The Kier molecular flexibility index (Phi) is 7.26. The average Bonchev–Trinajstić information content (AvgIpc) is 3.59. The second-order valence-electron chi connectivity index (χ2n) is 8.23. The van der Waals surface area contributed by atoms with E-state index in [0.717, 1.165) is 22.5 Å². The summed E-state index contributed by atoms with van der Waals surface area (Å²) < 4.78 is 30.4. The van der Waals surface area contributed by atoms with Crippen molar-refractivity contribution in [2.45, 2.75) is 6.54 Å². The molecule has 3 aromatic heterocycles. The van der Waals surface area contributed by atoms with Crippen molar-refractivity contribution in [3.05, 3.63) is 60.9 Å². The Labute approximate surface area is 216 Å². The van der Waals surface area contributed by atoms with E-state index in [4.69, 9.17) is 18.9 Å². The fourth-order valence-electron chi connectivity index (χ4n) is 3.86. The van der Waals surface area contributed by atoms with Crippen molar-refractivity contribution in [1.29, 1.82) is 0 Å². The summed E-state index contributed by atoms with van der Waals surface area (Å²) in [6.45, 7) is 0.246. The molecule has 2 aromatic carbocycles. The first-order valence-corrected chi connectivity index (χ1v) is 11.6. The molecular weight excluding hydrogens is 495 g/mol. The van der Waals surface area contributed by atoms with Crippen LogP contribution in [0.5, 0.6) is 11.5 Å². The molecule has 1 N–H and O–H groups in total. The van der Waals surface area contributed by atoms with Gasteiger partial charge >= 0.3 is 6.01 Å². The molecule has 38 heavy (non-hydrogen) atoms. The van der Waals surface area contributed by atoms with E-state index >= 15 is 0 Å². The number of hydrogen-bond donors (Lipinski definition) is 1. The molecule has 5 rings (SSSR count). The predicted molar refractivity (Wildman–Crippen MR) is 137 cm³/mol. The smallest absolute Gasteiger partial charge is 0.315 e. The van der Waals surface area contributed by atoms with Crippen molar-refractivity contribution < 1.29 is 23.4 Å². The topological polar surface area (TPSA) is 125 Å². The Balaban J connectivity index is 1.54. The van der Waals surface area contributed by atoms with E-state index in [9.17, 15) is 4.53 Å². The molecule has 0 bridgehead atoms. The molecule has 0 saturated heterocycles. The second-order valence-corrected chi connectivity index (χ2v) is 8.23. The summed E-state index contributed by atoms with van der Waals surface area (Å²) >= 11 is 0. The van der Waals surface area contributed by atoms with Gasteiger partial charge < -0.3 is 24.1 Å². The van der Waals surface area contributed by atoms with E-state index in [1.165, 1.54) is 0 Å². The van der Waals surface area contributed by atoms with Crippen LogP contribution in [0, 0.1) is 0 Å². The van der Waals surface area contributed by atoms with Crippen molar-refractivity contribution in [2.24, 2.45) is 7.05 Å². The number of benzene rings is 2. The van der Waals surface area contributed by atoms with E-state index in [2.05, 4.69) is 30.5 Å². The van der Waals surface area contributed by atoms with Crippen molar-refractivity contribution in [3.8, 4) is 22.8 Å². The van der Waals surface area contributed by atoms with Gasteiger partial charge in [-0.05, 0) is 22.7 Å². The normalized spacial score (nSPS) is 11.1. The SMILES string of the molecule is COc1cc(OC)cc(N(Cc2nnc(NCCOF)o2)c2ccc3ncc(-c4cnn(C)c4)nc3c2)c1. The molecule has 0 amide bonds. The van der Waals surface area contributed by atoms with E-state index in [-0.39, 0.29) is 25.7 Å². The van der Waals surface area contributed by atoms with Gasteiger partial charge in [0.1, 0.15) is 24.7 Å². The zero-order valence-corrected chi connectivity index (χ0v) is 21.0. The molecule has 5 aromatic rings. The maximum Gasteiger partial charge on any atom is 0.315 e. The molecule has 0 aliphatic carbocycles. The van der Waals surface area contributed by atoms with Gasteiger partial charge in [0, 0.05) is 54.9 Å². The number of aryl methyl sites for hydroxylation is 1. The number of aromatic nitrogens is 6. The number of methoxy groups -OCH3 is 2. The number of nitrogens with zero attached hydrogens (tertiary/aromatic N) is 7. The average molecular weight is 521 g/mol. The van der Waals surface area contributed by atoms with Crippen molar-refractivity contribution in [2.75, 3.05) is 37.6 Å². The van der Waals surface area contributed by atoms with Gasteiger partial charge in [-0.3, -0.25) is 9.67 Å². The third-order valence-corrected chi connectivity index (χ3v) is 5.70. The molecule has 0 saturated carbocycles. The molecule has 13 heteroatoms. The first-order valence-electron chi connectivity index (χ1n) is 11.6. The Morgan fingerprint density at radius 1 is 1.00 bits per heavy atom. The van der Waals surface area contributed by atoms with E-state index in [1.54, 1.807) is 37.4 Å². The number of rotatable bonds is 11. The highest BCUT2D eigenvalue weighted by atomic mass is 19.3. The van der Waals surface area contributed by atoms with Crippen LogP contribution in [0.2, 0.25) is 0 Å². The van der Waals surface area contributed by atoms with Crippen LogP contribution in [-0.2, 0) is 18.5 Å². The van der Waals surface area contributed by atoms with Gasteiger partial charge in [-0.1, -0.05) is 5.10 Å². The van der Waals surface area contributed by atoms with Crippen molar-refractivity contribution in [1.82, 2.24) is 29.9 Å². The van der Waals surface area contributed by atoms with Crippen LogP contribution in [-0.4, -0.2) is 57.3 Å². The lowest BCUT2D eigenvalue weighted by atomic mass is 10.2. The number of halogens is 1. The van der Waals surface area contributed by atoms with Crippen LogP contribution < -0.4 is 19.7 Å². The molecular formula is C25H25FN8O4. The zero-order chi connectivity index (χ0) is 26.5. The first kappa shape index (κ1) is 24.9. The van der Waals surface area contributed by atoms with Crippen molar-refractivity contribution >= 4 is 28.4 Å². The number of nitrogens with one attached hydrogen (secondary N) is 1. The Morgan fingerprint density at radius 3 is 2.53 bits per heavy atom. The van der Waals surface area contributed by atoms with E-state index < -0.39 is 0 Å². The lowest BCUT2D eigenvalue weighted by molar-refractivity contribution is -0.127. The minimum atomic E-state index is -0.146. The van der Waals surface area contributed by atoms with Gasteiger partial charge in [-0.25, -0.2) is 4.98 Å². The Morgan fingerprint density at radius 2 is 1.82 bits per heavy atom. The number of fused-ring (bicyclic) bond motifs is 1. The molecule has 0 fully saturated rings. The van der Waals surface area contributed by atoms with Crippen LogP contribution >= 0.6 is 0 Å². The minimum absolute atomic E-state index is 0.146. The third-order valence-electron chi connectivity index (χ3n) is 5.70. The molecule has 3 heterocycles. The Bertz CT molecular complexity index is 1520. The quantitative estimate of drug-likeness (QED) is 0.253. The monoisotopic (exact) mass is 520 g/mol. The standard InChI is InChI=1S/C25H25FN8O4/c1-33-14-16(12-29-33)23-13-28-21-5-4-17(10-22(21)30-23)34(18-8-19(35-2)11-20(9-18)36-3)15-24-31-32-25(38-24)27-6-7-37-26/h4-5,8-14H,6-7,15H2,1-3H3,(H,27,32). The summed E-state index contributed by atoms with van der Waals surface area (Å²) in [5.74, 6) is 1.55. The highest BCUT2D eigenvalue weighted by Gasteiger charge is 2.18. The summed E-state index contributed by atoms with van der Waals surface area (Å²) in [4.78, 5) is 14.9. The zero-order valence-electron chi connectivity index (χ0n) is 21.0. The summed E-state index contributed by atoms with van der Waals surface area (Å²) in [5.41, 5.74) is 4.57. The van der Waals surface area contributed by atoms with Crippen LogP contribution in [0.1, 0.15) is 5.89 Å². The fourth-order valence-corrected chi connectivity index (χ4v) is 3.86. The van der Waals surface area contributed by atoms with E-state index in [0.29, 0.717) is 28.6 Å². The summed E-state index contributed by atoms with van der Waals surface area (Å²) in [7, 11) is 5.03. The van der Waals surface area contributed by atoms with Crippen LogP contribution in [0.15, 0.2) is 59.4 Å². The van der Waals surface area contributed by atoms with Crippen molar-refractivity contribution in [3.63, 3.8) is 0 Å². The van der Waals surface area contributed by atoms with Crippen LogP contribution in [0.4, 0.5) is 21.9 Å². The second kappa shape index (κ2) is 11.1. The van der Waals surface area contributed by atoms with Gasteiger partial charge in [-0.2, -0.15) is 10.0 Å². The summed E-state index contributed by atoms with van der Waals surface area (Å²) in [6.07, 6.45) is 5.36. The maximum absolute atomic E-state index is 12.0. The largest absolute Gasteiger partial charge is 0.497 e. The van der Waals surface area contributed by atoms with Gasteiger partial charge in [0.05, 0.1) is 43.3 Å². The number of anilines is 3. The lowest BCUT2D eigenvalue weighted by Gasteiger charge is -2.24. The molecule has 0 unspecified atom stereocenters. The number of hydrogen-bond acceptors (Lipinski definition) is 11. The van der Waals surface area contributed by atoms with Gasteiger partial charge in [0.25, 0.3) is 0 Å². The number of ether oxygens (including phenoxy) is 2. The molecule has 0 spiro atoms. The first-order chi connectivity index (χ1) is 18.6. The highest BCUT2D eigenvalue weighted by molar-refractivity contribution is 5.82. The minimum Gasteiger partial charge on any atom is -0.497 e. The highest BCUT2D eigenvalue weighted by Crippen LogP contribution is 2.35. The van der Waals surface area contributed by atoms with Gasteiger partial charge in [0.2, 0.25) is 5.89 Å². The summed E-state index contributed by atoms with van der Waals surface area (Å²) in [6, 6.07) is 11.5. The maximum atomic E-state index is 12.0. The van der Waals surface area contributed by atoms with Gasteiger partial charge in [-0.15, -0.1) is 5.10 Å². The van der Waals surface area contributed by atoms with Crippen LogP contribution in [0.25, 0.3) is 22.3 Å². The molecule has 0 radical (unpaired) electrons. The van der Waals surface area contributed by atoms with Crippen LogP contribution in [0.3, 0.4) is 0 Å². The third kappa shape index (κ3) is 5.47. The molecule has 0 aliphatic heterocycles. The Hall–Kier alpha value is -4.78. The van der Waals surface area contributed by atoms with E-state index in [1.807, 2.05) is 48.5 Å². The summed E-state index contributed by atoms with van der Waals surface area (Å²) in [5, 5.41) is 15.2. The molecule has 12 nitrogen and oxygen atoms in total. The molecule has 196 valence electrons. The predicted octanol–water partition coefficient (Wildman–Crippen LogP) is 4.08.